The zero-order chi connectivity index (χ0) is 13.0. The van der Waals surface area contributed by atoms with Crippen molar-refractivity contribution in [1.29, 1.82) is 0 Å². The van der Waals surface area contributed by atoms with Crippen LogP contribution in [0, 0.1) is 5.92 Å². The number of nitrogens with two attached hydrogens (primary N) is 1. The van der Waals surface area contributed by atoms with Crippen molar-refractivity contribution in [3.8, 4) is 5.75 Å². The lowest BCUT2D eigenvalue weighted by Gasteiger charge is -2.25. The molecule has 0 heterocycles. The van der Waals surface area contributed by atoms with Crippen molar-refractivity contribution in [3.63, 3.8) is 0 Å². The summed E-state index contributed by atoms with van der Waals surface area (Å²) in [7, 11) is 0. The van der Waals surface area contributed by atoms with E-state index < -0.39 is 0 Å². The van der Waals surface area contributed by atoms with Crippen LogP contribution in [-0.4, -0.2) is 12.6 Å². The third kappa shape index (κ3) is 3.62. The minimum absolute atomic E-state index is 0.205. The van der Waals surface area contributed by atoms with E-state index in [9.17, 15) is 0 Å². The molecular weight excluding hydrogens is 314 g/mol. The number of hydrogen-bond donors (Lipinski definition) is 1. The van der Waals surface area contributed by atoms with Crippen LogP contribution < -0.4 is 10.5 Å². The third-order valence-corrected chi connectivity index (χ3v) is 4.35. The maximum atomic E-state index is 6.19. The number of hydrogen-bond acceptors (Lipinski definition) is 2. The Hall–Kier alpha value is -0.250. The van der Waals surface area contributed by atoms with E-state index in [1.165, 1.54) is 19.3 Å². The highest BCUT2D eigenvalue weighted by Crippen LogP contribution is 2.32. The van der Waals surface area contributed by atoms with Gasteiger partial charge >= 0.3 is 0 Å². The first-order chi connectivity index (χ1) is 8.70. The van der Waals surface area contributed by atoms with Crippen molar-refractivity contribution in [2.24, 2.45) is 11.7 Å². The molecule has 100 valence electrons. The molecule has 2 atom stereocenters. The number of benzene rings is 1. The second-order valence-corrected chi connectivity index (χ2v) is 6.19. The molecule has 1 aliphatic rings. The van der Waals surface area contributed by atoms with Gasteiger partial charge in [0, 0.05) is 10.4 Å². The monoisotopic (exact) mass is 331 g/mol. The molecule has 1 saturated carbocycles. The first kappa shape index (κ1) is 14.2. The SMILES string of the molecule is NCC1CCCCCC1Oc1ccc(Br)cc1Cl. The summed E-state index contributed by atoms with van der Waals surface area (Å²) in [4.78, 5) is 0. The number of ether oxygens (including phenoxy) is 1. The van der Waals surface area contributed by atoms with Crippen LogP contribution in [0.15, 0.2) is 22.7 Å². The lowest BCUT2D eigenvalue weighted by Crippen LogP contribution is -2.31. The molecule has 0 aliphatic heterocycles. The first-order valence-electron chi connectivity index (χ1n) is 6.52. The lowest BCUT2D eigenvalue weighted by atomic mass is 9.97. The van der Waals surface area contributed by atoms with Crippen LogP contribution in [0.2, 0.25) is 5.02 Å². The van der Waals surface area contributed by atoms with Gasteiger partial charge in [0.05, 0.1) is 5.02 Å². The lowest BCUT2D eigenvalue weighted by molar-refractivity contribution is 0.130. The molecule has 2 rings (SSSR count). The summed E-state index contributed by atoms with van der Waals surface area (Å²) in [5, 5.41) is 0.657. The minimum atomic E-state index is 0.205. The van der Waals surface area contributed by atoms with E-state index in [2.05, 4.69) is 15.9 Å². The second kappa shape index (κ2) is 6.78. The number of halogens is 2. The van der Waals surface area contributed by atoms with Gasteiger partial charge in [0.1, 0.15) is 11.9 Å². The molecule has 1 aromatic rings. The Morgan fingerprint density at radius 2 is 2.06 bits per heavy atom. The molecule has 0 spiro atoms. The highest BCUT2D eigenvalue weighted by Gasteiger charge is 2.24. The summed E-state index contributed by atoms with van der Waals surface area (Å²) in [6.07, 6.45) is 6.20. The quantitative estimate of drug-likeness (QED) is 0.833. The minimum Gasteiger partial charge on any atom is -0.489 e. The number of rotatable bonds is 3. The molecule has 2 unspecified atom stereocenters. The van der Waals surface area contributed by atoms with Gasteiger partial charge in [-0.05, 0) is 44.0 Å². The van der Waals surface area contributed by atoms with Crippen molar-refractivity contribution in [1.82, 2.24) is 0 Å². The molecule has 2 N–H and O–H groups in total. The van der Waals surface area contributed by atoms with Gasteiger partial charge in [-0.1, -0.05) is 40.4 Å². The Bertz CT molecular complexity index is 399. The molecule has 2 nitrogen and oxygen atoms in total. The van der Waals surface area contributed by atoms with Crippen LogP contribution >= 0.6 is 27.5 Å². The molecule has 4 heteroatoms. The molecule has 1 aromatic carbocycles. The molecule has 0 saturated heterocycles. The normalized spacial score (nSPS) is 24.6. The smallest absolute Gasteiger partial charge is 0.138 e. The van der Waals surface area contributed by atoms with Gasteiger partial charge in [-0.15, -0.1) is 0 Å². The van der Waals surface area contributed by atoms with E-state index in [4.69, 9.17) is 22.1 Å². The van der Waals surface area contributed by atoms with E-state index in [0.717, 1.165) is 23.1 Å². The topological polar surface area (TPSA) is 35.2 Å². The standard InChI is InChI=1S/C14H19BrClNO/c15-11-6-7-14(12(16)8-11)18-13-5-3-1-2-4-10(13)9-17/h6-8,10,13H,1-5,9,17H2. The Kier molecular flexibility index (Phi) is 5.34. The Balaban J connectivity index is 2.10. The molecular formula is C14H19BrClNO. The van der Waals surface area contributed by atoms with E-state index >= 15 is 0 Å². The predicted octanol–water partition coefficient (Wildman–Crippen LogP) is 4.39. The zero-order valence-corrected chi connectivity index (χ0v) is 12.7. The van der Waals surface area contributed by atoms with Gasteiger partial charge in [-0.3, -0.25) is 0 Å². The predicted molar refractivity (Wildman–Crippen MR) is 79.2 cm³/mol. The maximum absolute atomic E-state index is 6.19. The fraction of sp³-hybridized carbons (Fsp3) is 0.571. The molecule has 0 amide bonds. The molecule has 0 radical (unpaired) electrons. The van der Waals surface area contributed by atoms with Crippen LogP contribution in [-0.2, 0) is 0 Å². The van der Waals surface area contributed by atoms with Gasteiger partial charge in [0.15, 0.2) is 0 Å². The van der Waals surface area contributed by atoms with Gasteiger partial charge in [0.25, 0.3) is 0 Å². The van der Waals surface area contributed by atoms with Crippen LogP contribution in [0.3, 0.4) is 0 Å². The summed E-state index contributed by atoms with van der Waals surface area (Å²) in [5.74, 6) is 1.22. The first-order valence-corrected chi connectivity index (χ1v) is 7.69. The molecule has 0 bridgehead atoms. The van der Waals surface area contributed by atoms with E-state index in [0.29, 0.717) is 17.5 Å². The van der Waals surface area contributed by atoms with Crippen molar-refractivity contribution in [3.05, 3.63) is 27.7 Å². The van der Waals surface area contributed by atoms with Crippen molar-refractivity contribution in [2.45, 2.75) is 38.2 Å². The maximum Gasteiger partial charge on any atom is 0.138 e. The molecule has 18 heavy (non-hydrogen) atoms. The van der Waals surface area contributed by atoms with E-state index in [1.807, 2.05) is 18.2 Å². The summed E-state index contributed by atoms with van der Waals surface area (Å²) in [5.41, 5.74) is 5.86. The van der Waals surface area contributed by atoms with E-state index in [-0.39, 0.29) is 6.10 Å². The van der Waals surface area contributed by atoms with Crippen LogP contribution in [0.25, 0.3) is 0 Å². The van der Waals surface area contributed by atoms with Gasteiger partial charge in [-0.25, -0.2) is 0 Å². The van der Waals surface area contributed by atoms with Crippen LogP contribution in [0.1, 0.15) is 32.1 Å². The Labute approximate surface area is 122 Å². The van der Waals surface area contributed by atoms with Gasteiger partial charge in [0.2, 0.25) is 0 Å². The van der Waals surface area contributed by atoms with E-state index in [1.54, 1.807) is 0 Å². The largest absolute Gasteiger partial charge is 0.489 e. The molecule has 0 aromatic heterocycles. The molecule has 1 fully saturated rings. The highest BCUT2D eigenvalue weighted by molar-refractivity contribution is 9.10. The highest BCUT2D eigenvalue weighted by atomic mass is 79.9. The van der Waals surface area contributed by atoms with Crippen molar-refractivity contribution >= 4 is 27.5 Å². The second-order valence-electron chi connectivity index (χ2n) is 4.86. The third-order valence-electron chi connectivity index (χ3n) is 3.56. The summed E-state index contributed by atoms with van der Waals surface area (Å²) >= 11 is 9.59. The summed E-state index contributed by atoms with van der Waals surface area (Å²) in [6, 6.07) is 5.74. The van der Waals surface area contributed by atoms with Crippen molar-refractivity contribution in [2.75, 3.05) is 6.54 Å². The Morgan fingerprint density at radius 1 is 1.28 bits per heavy atom. The molecule has 1 aliphatic carbocycles. The van der Waals surface area contributed by atoms with Crippen LogP contribution in [0.4, 0.5) is 0 Å². The average molecular weight is 333 g/mol. The van der Waals surface area contributed by atoms with Crippen LogP contribution in [0.5, 0.6) is 5.75 Å². The summed E-state index contributed by atoms with van der Waals surface area (Å²) in [6.45, 7) is 0.693. The Morgan fingerprint density at radius 3 is 2.78 bits per heavy atom. The fourth-order valence-corrected chi connectivity index (χ4v) is 3.23. The fourth-order valence-electron chi connectivity index (χ4n) is 2.51. The zero-order valence-electron chi connectivity index (χ0n) is 10.4. The van der Waals surface area contributed by atoms with Gasteiger partial charge in [-0.2, -0.15) is 0 Å². The van der Waals surface area contributed by atoms with Gasteiger partial charge < -0.3 is 10.5 Å². The summed E-state index contributed by atoms with van der Waals surface area (Å²) < 4.78 is 7.06. The average Bonchev–Trinajstić information content (AvgIpc) is 2.57. The van der Waals surface area contributed by atoms with Crippen molar-refractivity contribution < 1.29 is 4.74 Å².